The smallest absolute Gasteiger partial charge is 0.219 e. The van der Waals surface area contributed by atoms with E-state index in [1.807, 2.05) is 4.90 Å². The molecule has 2 rings (SSSR count). The van der Waals surface area contributed by atoms with Gasteiger partial charge in [0.2, 0.25) is 5.91 Å². The Bertz CT molecular complexity index is 249. The van der Waals surface area contributed by atoms with Crippen LogP contribution in [0.25, 0.3) is 0 Å². The van der Waals surface area contributed by atoms with Gasteiger partial charge >= 0.3 is 0 Å². The molecule has 0 bridgehead atoms. The van der Waals surface area contributed by atoms with Gasteiger partial charge in [-0.3, -0.25) is 9.69 Å². The van der Waals surface area contributed by atoms with Gasteiger partial charge in [-0.2, -0.15) is 0 Å². The molecule has 92 valence electrons. The summed E-state index contributed by atoms with van der Waals surface area (Å²) in [6.07, 6.45) is 4.29. The van der Waals surface area contributed by atoms with Crippen molar-refractivity contribution in [2.24, 2.45) is 0 Å². The molecule has 1 N–H and O–H groups in total. The molecule has 1 aliphatic heterocycles. The Morgan fingerprint density at radius 3 is 2.31 bits per heavy atom. The number of carbonyl (C=O) groups excluding carboxylic acids is 1. The fourth-order valence-corrected chi connectivity index (χ4v) is 2.89. The van der Waals surface area contributed by atoms with Gasteiger partial charge in [-0.25, -0.2) is 0 Å². The van der Waals surface area contributed by atoms with E-state index in [4.69, 9.17) is 0 Å². The highest BCUT2D eigenvalue weighted by atomic mass is 16.3. The van der Waals surface area contributed by atoms with Gasteiger partial charge in [0.15, 0.2) is 0 Å². The number of nitrogens with zero attached hydrogens (tertiary/aromatic N) is 2. The van der Waals surface area contributed by atoms with E-state index in [9.17, 15) is 9.90 Å². The highest BCUT2D eigenvalue weighted by Gasteiger charge is 2.31. The summed E-state index contributed by atoms with van der Waals surface area (Å²) in [5.41, 5.74) is 0. The summed E-state index contributed by atoms with van der Waals surface area (Å²) in [6, 6.07) is 0.336. The third kappa shape index (κ3) is 2.55. The molecule has 1 saturated carbocycles. The maximum absolute atomic E-state index is 11.2. The molecule has 16 heavy (non-hydrogen) atoms. The van der Waals surface area contributed by atoms with Crippen LogP contribution in [0.5, 0.6) is 0 Å². The van der Waals surface area contributed by atoms with Crippen molar-refractivity contribution in [1.82, 2.24) is 9.80 Å². The maximum Gasteiger partial charge on any atom is 0.219 e. The average Bonchev–Trinajstić information content (AvgIpc) is 2.30. The van der Waals surface area contributed by atoms with Gasteiger partial charge in [0.25, 0.3) is 0 Å². The molecule has 2 atom stereocenters. The van der Waals surface area contributed by atoms with E-state index in [1.165, 1.54) is 6.42 Å². The molecular weight excluding hydrogens is 204 g/mol. The molecule has 0 aromatic heterocycles. The standard InChI is InChI=1S/C12H22N2O2/c1-10(15)13-6-8-14(9-7-13)11-4-2-3-5-12(11)16/h11-12,16H,2-9H2,1H3/t11-,12+/m0/s1. The predicted octanol–water partition coefficient (Wildman–Crippen LogP) is 0.454. The van der Waals surface area contributed by atoms with Crippen LogP contribution in [0.1, 0.15) is 32.6 Å². The first-order valence-corrected chi connectivity index (χ1v) is 6.36. The molecule has 2 aliphatic rings. The summed E-state index contributed by atoms with van der Waals surface area (Å²) < 4.78 is 0. The van der Waals surface area contributed by atoms with Crippen LogP contribution in [0.4, 0.5) is 0 Å². The lowest BCUT2D eigenvalue weighted by atomic mass is 9.91. The van der Waals surface area contributed by atoms with E-state index in [2.05, 4.69) is 4.90 Å². The second-order valence-electron chi connectivity index (χ2n) is 4.96. The van der Waals surface area contributed by atoms with Gasteiger partial charge < -0.3 is 10.0 Å². The second kappa shape index (κ2) is 5.15. The minimum atomic E-state index is -0.155. The summed E-state index contributed by atoms with van der Waals surface area (Å²) in [5.74, 6) is 0.170. The quantitative estimate of drug-likeness (QED) is 0.706. The maximum atomic E-state index is 11.2. The second-order valence-corrected chi connectivity index (χ2v) is 4.96. The van der Waals surface area contributed by atoms with Crippen LogP contribution < -0.4 is 0 Å². The van der Waals surface area contributed by atoms with Crippen molar-refractivity contribution in [1.29, 1.82) is 0 Å². The molecule has 1 saturated heterocycles. The third-order valence-corrected chi connectivity index (χ3v) is 3.92. The molecule has 1 heterocycles. The number of rotatable bonds is 1. The molecule has 0 unspecified atom stereocenters. The summed E-state index contributed by atoms with van der Waals surface area (Å²) >= 11 is 0. The number of aliphatic hydroxyl groups is 1. The molecule has 1 aliphatic carbocycles. The normalized spacial score (nSPS) is 32.8. The van der Waals surface area contributed by atoms with Gasteiger partial charge in [0.05, 0.1) is 6.10 Å². The fraction of sp³-hybridized carbons (Fsp3) is 0.917. The highest BCUT2D eigenvalue weighted by molar-refractivity contribution is 5.73. The van der Waals surface area contributed by atoms with Crippen molar-refractivity contribution in [3.8, 4) is 0 Å². The number of aliphatic hydroxyl groups excluding tert-OH is 1. The lowest BCUT2D eigenvalue weighted by Crippen LogP contribution is -2.55. The van der Waals surface area contributed by atoms with E-state index in [1.54, 1.807) is 6.92 Å². The zero-order valence-corrected chi connectivity index (χ0v) is 10.1. The molecule has 0 aromatic carbocycles. The number of carbonyl (C=O) groups is 1. The van der Waals surface area contributed by atoms with Crippen molar-refractivity contribution < 1.29 is 9.90 Å². The topological polar surface area (TPSA) is 43.8 Å². The Morgan fingerprint density at radius 1 is 1.12 bits per heavy atom. The Hall–Kier alpha value is -0.610. The van der Waals surface area contributed by atoms with Crippen LogP contribution in [0, 0.1) is 0 Å². The average molecular weight is 226 g/mol. The van der Waals surface area contributed by atoms with E-state index < -0.39 is 0 Å². The Labute approximate surface area is 97.2 Å². The van der Waals surface area contributed by atoms with Crippen LogP contribution in [-0.4, -0.2) is 59.1 Å². The van der Waals surface area contributed by atoms with Crippen molar-refractivity contribution in [3.05, 3.63) is 0 Å². The van der Waals surface area contributed by atoms with E-state index in [0.717, 1.165) is 45.4 Å². The first kappa shape index (κ1) is 11.9. The molecule has 4 nitrogen and oxygen atoms in total. The van der Waals surface area contributed by atoms with Gasteiger partial charge in [-0.1, -0.05) is 12.8 Å². The Morgan fingerprint density at radius 2 is 1.75 bits per heavy atom. The predicted molar refractivity (Wildman–Crippen MR) is 62.1 cm³/mol. The number of hydrogen-bond donors (Lipinski definition) is 1. The highest BCUT2D eigenvalue weighted by Crippen LogP contribution is 2.24. The molecule has 1 amide bonds. The Balaban J connectivity index is 1.85. The van der Waals surface area contributed by atoms with Crippen LogP contribution in [0.2, 0.25) is 0 Å². The molecular formula is C12H22N2O2. The largest absolute Gasteiger partial charge is 0.391 e. The SMILES string of the molecule is CC(=O)N1CCN([C@H]2CCCC[C@H]2O)CC1. The van der Waals surface area contributed by atoms with Crippen LogP contribution in [0.3, 0.4) is 0 Å². The monoisotopic (exact) mass is 226 g/mol. The Kier molecular flexibility index (Phi) is 3.82. The summed E-state index contributed by atoms with van der Waals surface area (Å²) in [4.78, 5) is 15.5. The minimum absolute atomic E-state index is 0.155. The van der Waals surface area contributed by atoms with Crippen molar-refractivity contribution >= 4 is 5.91 Å². The van der Waals surface area contributed by atoms with Crippen LogP contribution in [-0.2, 0) is 4.79 Å². The van der Waals surface area contributed by atoms with E-state index >= 15 is 0 Å². The van der Waals surface area contributed by atoms with Gasteiger partial charge in [0, 0.05) is 39.1 Å². The fourth-order valence-electron chi connectivity index (χ4n) is 2.89. The van der Waals surface area contributed by atoms with Gasteiger partial charge in [-0.05, 0) is 12.8 Å². The zero-order chi connectivity index (χ0) is 11.5. The minimum Gasteiger partial charge on any atom is -0.391 e. The first-order chi connectivity index (χ1) is 7.68. The van der Waals surface area contributed by atoms with Gasteiger partial charge in [-0.15, -0.1) is 0 Å². The first-order valence-electron chi connectivity index (χ1n) is 6.36. The summed E-state index contributed by atoms with van der Waals surface area (Å²) in [7, 11) is 0. The number of amides is 1. The number of piperazine rings is 1. The lowest BCUT2D eigenvalue weighted by molar-refractivity contribution is -0.131. The number of hydrogen-bond acceptors (Lipinski definition) is 3. The van der Waals surface area contributed by atoms with E-state index in [-0.39, 0.29) is 12.0 Å². The van der Waals surface area contributed by atoms with Crippen molar-refractivity contribution in [2.45, 2.75) is 44.8 Å². The molecule has 4 heteroatoms. The molecule has 0 radical (unpaired) electrons. The van der Waals surface area contributed by atoms with Crippen molar-refractivity contribution in [3.63, 3.8) is 0 Å². The summed E-state index contributed by atoms with van der Waals surface area (Å²) in [6.45, 7) is 5.10. The summed E-state index contributed by atoms with van der Waals surface area (Å²) in [5, 5.41) is 9.97. The third-order valence-electron chi connectivity index (χ3n) is 3.92. The lowest BCUT2D eigenvalue weighted by Gasteiger charge is -2.42. The molecule has 0 aromatic rings. The zero-order valence-electron chi connectivity index (χ0n) is 10.1. The molecule has 2 fully saturated rings. The van der Waals surface area contributed by atoms with Crippen molar-refractivity contribution in [2.75, 3.05) is 26.2 Å². The van der Waals surface area contributed by atoms with Crippen LogP contribution in [0.15, 0.2) is 0 Å². The van der Waals surface area contributed by atoms with E-state index in [0.29, 0.717) is 6.04 Å². The van der Waals surface area contributed by atoms with Gasteiger partial charge in [0.1, 0.15) is 0 Å². The van der Waals surface area contributed by atoms with Crippen LogP contribution >= 0.6 is 0 Å². The molecule has 0 spiro atoms.